The standard InChI is InChI=1S/C12H13Cl2NO2.ClH/c1-12(2)6-17-11(16)15-10(12)7-3-4-8(13)9(14)5-7;/h3-5,10H,6H2,1-2H3,(H,15,16);1H/t10-;/m0./s1. The Balaban J connectivity index is 0.00000162. The van der Waals surface area contributed by atoms with Crippen molar-refractivity contribution in [3.05, 3.63) is 33.8 Å². The monoisotopic (exact) mass is 309 g/mol. The number of hydrogen-bond donors (Lipinski definition) is 1. The fourth-order valence-electron chi connectivity index (χ4n) is 1.92. The van der Waals surface area contributed by atoms with Crippen LogP contribution < -0.4 is 5.32 Å². The number of nitrogens with one attached hydrogen (secondary N) is 1. The maximum absolute atomic E-state index is 11.3. The van der Waals surface area contributed by atoms with Gasteiger partial charge in [-0.15, -0.1) is 12.4 Å². The van der Waals surface area contributed by atoms with E-state index in [4.69, 9.17) is 27.9 Å². The Labute approximate surface area is 122 Å². The molecule has 0 saturated carbocycles. The molecule has 1 aromatic carbocycles. The van der Waals surface area contributed by atoms with Crippen LogP contribution in [0.5, 0.6) is 0 Å². The molecule has 1 heterocycles. The Morgan fingerprint density at radius 3 is 2.61 bits per heavy atom. The quantitative estimate of drug-likeness (QED) is 0.843. The van der Waals surface area contributed by atoms with Crippen LogP contribution in [-0.2, 0) is 4.74 Å². The number of alkyl carbamates (subject to hydrolysis) is 1. The molecule has 100 valence electrons. The third kappa shape index (κ3) is 3.02. The largest absolute Gasteiger partial charge is 0.449 e. The summed E-state index contributed by atoms with van der Waals surface area (Å²) in [4.78, 5) is 11.3. The van der Waals surface area contributed by atoms with Crippen molar-refractivity contribution >= 4 is 41.7 Å². The maximum atomic E-state index is 11.3. The van der Waals surface area contributed by atoms with Gasteiger partial charge in [0, 0.05) is 5.41 Å². The van der Waals surface area contributed by atoms with E-state index in [1.807, 2.05) is 19.9 Å². The minimum absolute atomic E-state index is 0. The predicted octanol–water partition coefficient (Wildman–Crippen LogP) is 4.22. The summed E-state index contributed by atoms with van der Waals surface area (Å²) in [7, 11) is 0. The zero-order valence-electron chi connectivity index (χ0n) is 10.00. The molecule has 0 radical (unpaired) electrons. The van der Waals surface area contributed by atoms with Crippen LogP contribution in [0.1, 0.15) is 25.5 Å². The highest BCUT2D eigenvalue weighted by Crippen LogP contribution is 2.38. The van der Waals surface area contributed by atoms with Crippen LogP contribution in [0, 0.1) is 5.41 Å². The lowest BCUT2D eigenvalue weighted by molar-refractivity contribution is 0.0387. The van der Waals surface area contributed by atoms with Gasteiger partial charge < -0.3 is 10.1 Å². The molecule has 0 spiro atoms. The number of carbonyl (C=O) groups is 1. The van der Waals surface area contributed by atoms with E-state index in [9.17, 15) is 4.79 Å². The number of cyclic esters (lactones) is 1. The van der Waals surface area contributed by atoms with Crippen LogP contribution in [0.15, 0.2) is 18.2 Å². The summed E-state index contributed by atoms with van der Waals surface area (Å²) in [5.41, 5.74) is 0.742. The summed E-state index contributed by atoms with van der Waals surface area (Å²) in [6.07, 6.45) is -0.402. The molecule has 1 N–H and O–H groups in total. The van der Waals surface area contributed by atoms with E-state index < -0.39 is 6.09 Å². The van der Waals surface area contributed by atoms with Gasteiger partial charge in [-0.3, -0.25) is 0 Å². The average Bonchev–Trinajstić information content (AvgIpc) is 2.26. The maximum Gasteiger partial charge on any atom is 0.407 e. The highest BCUT2D eigenvalue weighted by atomic mass is 35.5. The summed E-state index contributed by atoms with van der Waals surface area (Å²) in [6.45, 7) is 4.43. The third-order valence-electron chi connectivity index (χ3n) is 2.90. The van der Waals surface area contributed by atoms with Crippen molar-refractivity contribution in [2.45, 2.75) is 19.9 Å². The highest BCUT2D eigenvalue weighted by molar-refractivity contribution is 6.42. The summed E-state index contributed by atoms with van der Waals surface area (Å²) in [5, 5.41) is 3.80. The Morgan fingerprint density at radius 1 is 1.33 bits per heavy atom. The van der Waals surface area contributed by atoms with Crippen molar-refractivity contribution < 1.29 is 9.53 Å². The van der Waals surface area contributed by atoms with Gasteiger partial charge in [-0.1, -0.05) is 43.1 Å². The number of benzene rings is 1. The van der Waals surface area contributed by atoms with E-state index in [0.717, 1.165) is 5.56 Å². The lowest BCUT2D eigenvalue weighted by Crippen LogP contribution is -2.46. The van der Waals surface area contributed by atoms with E-state index in [-0.39, 0.29) is 23.9 Å². The fraction of sp³-hybridized carbons (Fsp3) is 0.417. The van der Waals surface area contributed by atoms with Gasteiger partial charge in [0.1, 0.15) is 6.61 Å². The van der Waals surface area contributed by atoms with Crippen LogP contribution in [0.2, 0.25) is 10.0 Å². The Morgan fingerprint density at radius 2 is 2.00 bits per heavy atom. The van der Waals surface area contributed by atoms with Crippen molar-refractivity contribution in [3.63, 3.8) is 0 Å². The first-order chi connectivity index (χ1) is 7.90. The molecule has 2 rings (SSSR count). The molecule has 0 unspecified atom stereocenters. The van der Waals surface area contributed by atoms with Crippen LogP contribution in [0.25, 0.3) is 0 Å². The second kappa shape index (κ2) is 5.55. The molecule has 1 aromatic rings. The zero-order chi connectivity index (χ0) is 12.6. The normalized spacial score (nSPS) is 21.6. The lowest BCUT2D eigenvalue weighted by Gasteiger charge is -2.38. The van der Waals surface area contributed by atoms with E-state index in [1.54, 1.807) is 12.1 Å². The summed E-state index contributed by atoms with van der Waals surface area (Å²) >= 11 is 11.9. The molecule has 1 amide bonds. The molecule has 0 aliphatic carbocycles. The summed E-state index contributed by atoms with van der Waals surface area (Å²) in [5.74, 6) is 0. The van der Waals surface area contributed by atoms with Crippen LogP contribution in [0.4, 0.5) is 4.79 Å². The van der Waals surface area contributed by atoms with E-state index >= 15 is 0 Å². The molecule has 1 aliphatic rings. The smallest absolute Gasteiger partial charge is 0.407 e. The lowest BCUT2D eigenvalue weighted by atomic mass is 9.80. The number of carbonyl (C=O) groups excluding carboxylic acids is 1. The second-order valence-corrected chi connectivity index (χ2v) is 5.63. The van der Waals surface area contributed by atoms with Gasteiger partial charge in [0.15, 0.2) is 0 Å². The minimum atomic E-state index is -0.402. The van der Waals surface area contributed by atoms with Crippen molar-refractivity contribution in [1.82, 2.24) is 5.32 Å². The molecule has 1 fully saturated rings. The van der Waals surface area contributed by atoms with Gasteiger partial charge in [0.05, 0.1) is 16.1 Å². The molecule has 3 nitrogen and oxygen atoms in total. The van der Waals surface area contributed by atoms with Crippen LogP contribution >= 0.6 is 35.6 Å². The second-order valence-electron chi connectivity index (χ2n) is 4.82. The molecule has 18 heavy (non-hydrogen) atoms. The number of halogens is 3. The SMILES string of the molecule is CC1(C)COC(=O)N[C@H]1c1ccc(Cl)c(Cl)c1.Cl. The first kappa shape index (κ1) is 15.4. The Bertz CT molecular complexity index is 463. The summed E-state index contributed by atoms with van der Waals surface area (Å²) < 4.78 is 4.99. The molecule has 1 atom stereocenters. The van der Waals surface area contributed by atoms with Crippen molar-refractivity contribution in [2.75, 3.05) is 6.61 Å². The third-order valence-corrected chi connectivity index (χ3v) is 3.63. The summed E-state index contributed by atoms with van der Waals surface area (Å²) in [6, 6.07) is 5.25. The molecular formula is C12H14Cl3NO2. The first-order valence-corrected chi connectivity index (χ1v) is 6.04. The van der Waals surface area contributed by atoms with Gasteiger partial charge in [0.2, 0.25) is 0 Å². The first-order valence-electron chi connectivity index (χ1n) is 5.28. The number of hydrogen-bond acceptors (Lipinski definition) is 2. The van der Waals surface area contributed by atoms with Gasteiger partial charge in [-0.25, -0.2) is 4.79 Å². The molecule has 1 aliphatic heterocycles. The van der Waals surface area contributed by atoms with E-state index in [2.05, 4.69) is 5.32 Å². The minimum Gasteiger partial charge on any atom is -0.449 e. The predicted molar refractivity (Wildman–Crippen MR) is 74.7 cm³/mol. The highest BCUT2D eigenvalue weighted by Gasteiger charge is 2.37. The van der Waals surface area contributed by atoms with E-state index in [0.29, 0.717) is 16.7 Å². The van der Waals surface area contributed by atoms with Gasteiger partial charge in [0.25, 0.3) is 0 Å². The Kier molecular flexibility index (Phi) is 4.76. The molecule has 0 aromatic heterocycles. The van der Waals surface area contributed by atoms with Crippen LogP contribution in [0.3, 0.4) is 0 Å². The van der Waals surface area contributed by atoms with Gasteiger partial charge in [-0.2, -0.15) is 0 Å². The molecule has 6 heteroatoms. The topological polar surface area (TPSA) is 38.3 Å². The average molecular weight is 311 g/mol. The van der Waals surface area contributed by atoms with E-state index in [1.165, 1.54) is 0 Å². The van der Waals surface area contributed by atoms with Crippen molar-refractivity contribution in [3.8, 4) is 0 Å². The Hall–Kier alpha value is -0.640. The van der Waals surface area contributed by atoms with Crippen molar-refractivity contribution in [1.29, 1.82) is 0 Å². The number of rotatable bonds is 1. The fourth-order valence-corrected chi connectivity index (χ4v) is 2.22. The molecular weight excluding hydrogens is 296 g/mol. The number of amides is 1. The van der Waals surface area contributed by atoms with Gasteiger partial charge >= 0.3 is 6.09 Å². The van der Waals surface area contributed by atoms with Gasteiger partial charge in [-0.05, 0) is 17.7 Å². The molecule has 1 saturated heterocycles. The van der Waals surface area contributed by atoms with Crippen molar-refractivity contribution in [2.24, 2.45) is 5.41 Å². The van der Waals surface area contributed by atoms with Crippen LogP contribution in [-0.4, -0.2) is 12.7 Å². The zero-order valence-corrected chi connectivity index (χ0v) is 12.3. The number of ether oxygens (including phenoxy) is 1. The molecule has 0 bridgehead atoms.